The van der Waals surface area contributed by atoms with E-state index in [9.17, 15) is 18.9 Å². The molecule has 0 radical (unpaired) electrons. The normalized spacial score (nSPS) is 26.9. The maximum absolute atomic E-state index is 13.2. The number of hydrogen-bond acceptors (Lipinski definition) is 9. The molecule has 0 saturated heterocycles. The molecule has 4 aliphatic rings. The molecule has 68 heavy (non-hydrogen) atoms. The highest BCUT2D eigenvalue weighted by atomic mass is 31.1. The Labute approximate surface area is 416 Å². The van der Waals surface area contributed by atoms with Crippen LogP contribution in [0.5, 0.6) is 0 Å². The van der Waals surface area contributed by atoms with Crippen LogP contribution in [0.4, 0.5) is 0 Å². The molecule has 5 unspecified atom stereocenters. The fourth-order valence-electron chi connectivity index (χ4n) is 12.7. The molecule has 390 valence electrons. The van der Waals surface area contributed by atoms with Crippen LogP contribution < -0.4 is 0 Å². The lowest BCUT2D eigenvalue weighted by atomic mass is 9.47. The van der Waals surface area contributed by atoms with Crippen molar-refractivity contribution in [3.05, 3.63) is 23.8 Å². The van der Waals surface area contributed by atoms with E-state index in [1.54, 1.807) is 0 Å². The zero-order chi connectivity index (χ0) is 49.6. The van der Waals surface area contributed by atoms with E-state index >= 15 is 0 Å². The summed E-state index contributed by atoms with van der Waals surface area (Å²) in [5.41, 5.74) is 2.08. The fraction of sp³-hybridized carbons (Fsp3) is 0.877. The topological polar surface area (TPSA) is 114 Å². The lowest BCUT2D eigenvalue weighted by molar-refractivity contribution is -0.870. The molecule has 0 spiro atoms. The van der Waals surface area contributed by atoms with E-state index in [0.717, 1.165) is 93.8 Å². The Morgan fingerprint density at radius 1 is 0.750 bits per heavy atom. The van der Waals surface area contributed by atoms with Gasteiger partial charge in [0.15, 0.2) is 12.7 Å². The van der Waals surface area contributed by atoms with Gasteiger partial charge in [-0.2, -0.15) is 0 Å². The number of likely N-dealkylation sites (N-methyl/N-ethyl adjacent to an activating group) is 1. The zero-order valence-electron chi connectivity index (χ0n) is 44.8. The summed E-state index contributed by atoms with van der Waals surface area (Å²) in [5, 5.41) is 0. The Balaban J connectivity index is 1.17. The Bertz CT molecular complexity index is 1590. The number of nitrogens with zero attached hydrogens (tertiary/aromatic N) is 1. The van der Waals surface area contributed by atoms with Crippen molar-refractivity contribution in [2.45, 2.75) is 227 Å². The Morgan fingerprint density at radius 3 is 2.12 bits per heavy atom. The van der Waals surface area contributed by atoms with Crippen molar-refractivity contribution >= 4 is 26.2 Å². The van der Waals surface area contributed by atoms with Gasteiger partial charge in [0.05, 0.1) is 34.0 Å². The van der Waals surface area contributed by atoms with Gasteiger partial charge in [0.2, 0.25) is 0 Å². The van der Waals surface area contributed by atoms with E-state index in [1.165, 1.54) is 95.5 Å². The number of fused-ring (bicyclic) bond motifs is 5. The number of carbonyl (C=O) groups is 3. The third-order valence-corrected chi connectivity index (χ3v) is 17.5. The largest absolute Gasteiger partial charge is 0.697 e. The SMILES string of the molecule is CCCCCCCC/C=C\CCCCCCCC(=O)OC[C@H](CO[P+](=O)OCC[N+](C)(C)C)OC(=O)CCC(=O)OC1CC[C@]2(C)C(=CCC3C2CC[C@]2(C)C3CC[C@H]2[C@@H](C)CCCC(C)C)C1. The summed E-state index contributed by atoms with van der Waals surface area (Å²) in [6.07, 6.45) is 34.4. The molecule has 0 aromatic heterocycles. The predicted molar refractivity (Wildman–Crippen MR) is 275 cm³/mol. The van der Waals surface area contributed by atoms with E-state index in [2.05, 4.69) is 59.8 Å². The van der Waals surface area contributed by atoms with Gasteiger partial charge in [0, 0.05) is 17.4 Å². The molecule has 0 aromatic rings. The van der Waals surface area contributed by atoms with Crippen LogP contribution >= 0.6 is 8.25 Å². The van der Waals surface area contributed by atoms with Crippen molar-refractivity contribution in [3.63, 3.8) is 0 Å². The first-order valence-electron chi connectivity index (χ1n) is 27.9. The summed E-state index contributed by atoms with van der Waals surface area (Å²) >= 11 is 0. The molecule has 0 aromatic carbocycles. The number of carbonyl (C=O) groups excluding carboxylic acids is 3. The van der Waals surface area contributed by atoms with Crippen molar-refractivity contribution in [2.24, 2.45) is 46.3 Å². The van der Waals surface area contributed by atoms with Crippen molar-refractivity contribution in [2.75, 3.05) is 47.5 Å². The van der Waals surface area contributed by atoms with Gasteiger partial charge in [-0.25, -0.2) is 0 Å². The van der Waals surface area contributed by atoms with Crippen LogP contribution in [-0.4, -0.2) is 82.1 Å². The molecule has 0 bridgehead atoms. The van der Waals surface area contributed by atoms with Gasteiger partial charge in [0.1, 0.15) is 25.9 Å². The van der Waals surface area contributed by atoms with Crippen LogP contribution in [0, 0.1) is 46.3 Å². The third-order valence-electron chi connectivity index (χ3n) is 16.8. The summed E-state index contributed by atoms with van der Waals surface area (Å²) in [6, 6.07) is 0. The summed E-state index contributed by atoms with van der Waals surface area (Å²) in [5.74, 6) is 3.24. The number of rotatable bonds is 34. The molecule has 0 N–H and O–H groups in total. The number of esters is 3. The maximum Gasteiger partial charge on any atom is 0.697 e. The molecule has 3 fully saturated rings. The molecule has 11 heteroatoms. The van der Waals surface area contributed by atoms with Gasteiger partial charge in [0.25, 0.3) is 0 Å². The van der Waals surface area contributed by atoms with Crippen LogP contribution in [0.3, 0.4) is 0 Å². The molecular weight excluding hydrogens is 874 g/mol. The van der Waals surface area contributed by atoms with E-state index < -0.39 is 26.3 Å². The molecule has 10 nitrogen and oxygen atoms in total. The molecule has 10 atom stereocenters. The number of hydrogen-bond donors (Lipinski definition) is 0. The lowest BCUT2D eigenvalue weighted by Crippen LogP contribution is -2.51. The molecule has 4 rings (SSSR count). The van der Waals surface area contributed by atoms with Crippen molar-refractivity contribution in [3.8, 4) is 0 Å². The van der Waals surface area contributed by atoms with Gasteiger partial charge in [-0.05, 0) is 123 Å². The van der Waals surface area contributed by atoms with Gasteiger partial charge in [-0.1, -0.05) is 136 Å². The van der Waals surface area contributed by atoms with E-state index in [4.69, 9.17) is 23.3 Å². The number of quaternary nitrogens is 1. The summed E-state index contributed by atoms with van der Waals surface area (Å²) in [6.45, 7) is 15.0. The van der Waals surface area contributed by atoms with E-state index in [1.807, 2.05) is 21.1 Å². The van der Waals surface area contributed by atoms with E-state index in [-0.39, 0.29) is 56.6 Å². The molecule has 4 aliphatic carbocycles. The Kier molecular flexibility index (Phi) is 25.8. The number of unbranched alkanes of at least 4 members (excludes halogenated alkanes) is 11. The van der Waals surface area contributed by atoms with Gasteiger partial charge < -0.3 is 18.7 Å². The maximum atomic E-state index is 13.2. The first-order valence-corrected chi connectivity index (χ1v) is 29.0. The molecule has 3 saturated carbocycles. The Hall–Kier alpha value is -2.13. The highest BCUT2D eigenvalue weighted by molar-refractivity contribution is 7.33. The Morgan fingerprint density at radius 2 is 1.43 bits per heavy atom. The summed E-state index contributed by atoms with van der Waals surface area (Å²) in [7, 11) is 3.54. The van der Waals surface area contributed by atoms with E-state index in [0.29, 0.717) is 22.4 Å². The standard InChI is InChI=1S/C57H100NO9P/c1-10-11-12-13-14-15-16-17-18-19-20-21-22-23-24-28-53(59)63-42-48(43-65-68(62)64-40-39-58(7,8)9)67-55(61)34-33-54(60)66-47-35-37-56(5)46(41-47)29-30-49-51-32-31-50(45(4)27-25-26-44(2)3)57(51,6)38-36-52(49)56/h17-18,29,44-45,47-52H,10-16,19-28,30-43H2,1-9H3/q+2/b18-17-/t45-,47?,48+,49?,50-,51?,52?,56+,57-/m0/s1. The minimum absolute atomic E-state index is 0.112. The third kappa shape index (κ3) is 19.8. The average molecular weight is 974 g/mol. The number of allylic oxidation sites excluding steroid dienone is 3. The molecule has 0 amide bonds. The second-order valence-electron chi connectivity index (χ2n) is 23.6. The van der Waals surface area contributed by atoms with Crippen molar-refractivity contribution in [1.82, 2.24) is 0 Å². The smallest absolute Gasteiger partial charge is 0.462 e. The van der Waals surface area contributed by atoms with Crippen molar-refractivity contribution in [1.29, 1.82) is 0 Å². The average Bonchev–Trinajstić information content (AvgIpc) is 3.64. The quantitative estimate of drug-likeness (QED) is 0.0155. The highest BCUT2D eigenvalue weighted by Gasteiger charge is 2.59. The predicted octanol–water partition coefficient (Wildman–Crippen LogP) is 14.6. The molecule has 0 heterocycles. The van der Waals surface area contributed by atoms with Gasteiger partial charge >= 0.3 is 26.2 Å². The highest BCUT2D eigenvalue weighted by Crippen LogP contribution is 2.67. The molecular formula is C57H100NO9P+2. The van der Waals surface area contributed by atoms with Crippen LogP contribution in [-0.2, 0) is 42.2 Å². The fourth-order valence-corrected chi connectivity index (χ4v) is 13.3. The second kappa shape index (κ2) is 30.0. The van der Waals surface area contributed by atoms with Crippen molar-refractivity contribution < 1.29 is 46.7 Å². The zero-order valence-corrected chi connectivity index (χ0v) is 45.7. The second-order valence-corrected chi connectivity index (χ2v) is 24.6. The minimum Gasteiger partial charge on any atom is -0.462 e. The molecule has 0 aliphatic heterocycles. The van der Waals surface area contributed by atoms with Gasteiger partial charge in [-0.15, -0.1) is 9.05 Å². The first kappa shape index (κ1) is 58.4. The van der Waals surface area contributed by atoms with Gasteiger partial charge in [-0.3, -0.25) is 14.4 Å². The van der Waals surface area contributed by atoms with Crippen LogP contribution in [0.25, 0.3) is 0 Å². The summed E-state index contributed by atoms with van der Waals surface area (Å²) < 4.78 is 41.1. The number of ether oxygens (including phenoxy) is 3. The minimum atomic E-state index is -2.47. The summed E-state index contributed by atoms with van der Waals surface area (Å²) in [4.78, 5) is 39.0. The lowest BCUT2D eigenvalue weighted by Gasteiger charge is -2.58. The van der Waals surface area contributed by atoms with Crippen LogP contribution in [0.1, 0.15) is 215 Å². The van der Waals surface area contributed by atoms with Crippen LogP contribution in [0.2, 0.25) is 0 Å². The first-order chi connectivity index (χ1) is 32.4. The van der Waals surface area contributed by atoms with Crippen LogP contribution in [0.15, 0.2) is 23.8 Å². The monoisotopic (exact) mass is 974 g/mol.